The number of amides is 1. The number of rotatable bonds is 5. The van der Waals surface area contributed by atoms with Crippen LogP contribution >= 0.6 is 0 Å². The second-order valence-electron chi connectivity index (χ2n) is 7.72. The Hall–Kier alpha value is -2.63. The molecule has 0 radical (unpaired) electrons. The van der Waals surface area contributed by atoms with E-state index < -0.39 is 5.54 Å². The molecule has 27 heavy (non-hydrogen) atoms. The molecule has 1 fully saturated rings. The Balaban J connectivity index is 1.60. The molecule has 1 aliphatic heterocycles. The van der Waals surface area contributed by atoms with Crippen LogP contribution in [0.5, 0.6) is 5.75 Å². The highest BCUT2D eigenvalue weighted by molar-refractivity contribution is 6.06. The van der Waals surface area contributed by atoms with Gasteiger partial charge in [-0.15, -0.1) is 0 Å². The van der Waals surface area contributed by atoms with Crippen molar-refractivity contribution < 1.29 is 9.53 Å². The second kappa shape index (κ2) is 7.18. The quantitative estimate of drug-likeness (QED) is 0.882. The minimum absolute atomic E-state index is 0.0706. The smallest absolute Gasteiger partial charge is 0.260 e. The van der Waals surface area contributed by atoms with Crippen molar-refractivity contribution in [1.29, 1.82) is 0 Å². The Bertz CT molecular complexity index is 870. The number of aromatic nitrogens is 1. The average Bonchev–Trinajstić information content (AvgIpc) is 2.91. The Labute approximate surface area is 159 Å². The predicted molar refractivity (Wildman–Crippen MR) is 106 cm³/mol. The minimum Gasteiger partial charge on any atom is -0.488 e. The van der Waals surface area contributed by atoms with Gasteiger partial charge in [-0.05, 0) is 12.3 Å². The van der Waals surface area contributed by atoms with Gasteiger partial charge in [0.2, 0.25) is 0 Å². The maximum Gasteiger partial charge on any atom is 0.260 e. The van der Waals surface area contributed by atoms with Gasteiger partial charge in [-0.3, -0.25) is 14.7 Å². The van der Waals surface area contributed by atoms with Gasteiger partial charge in [-0.2, -0.15) is 0 Å². The van der Waals surface area contributed by atoms with Gasteiger partial charge >= 0.3 is 0 Å². The lowest BCUT2D eigenvalue weighted by Gasteiger charge is -2.31. The van der Waals surface area contributed by atoms with Gasteiger partial charge < -0.3 is 10.5 Å². The molecule has 1 saturated carbocycles. The Morgan fingerprint density at radius 2 is 2.00 bits per heavy atom. The van der Waals surface area contributed by atoms with Crippen molar-refractivity contribution in [1.82, 2.24) is 9.88 Å². The summed E-state index contributed by atoms with van der Waals surface area (Å²) in [5, 5.41) is 1.99. The van der Waals surface area contributed by atoms with Crippen LogP contribution in [0.1, 0.15) is 38.5 Å². The zero-order chi connectivity index (χ0) is 18.9. The molecule has 2 aromatic rings. The lowest BCUT2D eigenvalue weighted by atomic mass is 9.79. The molecule has 2 heterocycles. The van der Waals surface area contributed by atoms with Gasteiger partial charge in [-0.1, -0.05) is 56.4 Å². The average molecular weight is 366 g/mol. The topological polar surface area (TPSA) is 80.8 Å². The van der Waals surface area contributed by atoms with Crippen LogP contribution in [0.2, 0.25) is 0 Å². The standard InChI is InChI=1S/C21H26N4O2/c1-25-19(26)21(24-20(25)22,11-15-7-3-2-4-8-15)14-27-18-13-23-12-16-9-5-6-10-17(16)18/h5-6,9-10,12-13,15H,2-4,7-8,11,14H2,1H3,(H2,22,24). The van der Waals surface area contributed by atoms with Gasteiger partial charge in [-0.25, -0.2) is 4.99 Å². The number of fused-ring (bicyclic) bond motifs is 1. The van der Waals surface area contributed by atoms with Crippen molar-refractivity contribution in [3.8, 4) is 5.75 Å². The number of likely N-dealkylation sites (N-methyl/N-ethyl adjacent to an activating group) is 1. The maximum atomic E-state index is 13.0. The first kappa shape index (κ1) is 17.8. The number of aliphatic imine (C=N–C) groups is 1. The van der Waals surface area contributed by atoms with E-state index in [-0.39, 0.29) is 18.5 Å². The fraction of sp³-hybridized carbons (Fsp3) is 0.476. The monoisotopic (exact) mass is 366 g/mol. The van der Waals surface area contributed by atoms with E-state index in [9.17, 15) is 4.79 Å². The Morgan fingerprint density at radius 1 is 1.22 bits per heavy atom. The molecule has 1 amide bonds. The second-order valence-corrected chi connectivity index (χ2v) is 7.72. The van der Waals surface area contributed by atoms with Gasteiger partial charge in [0, 0.05) is 24.0 Å². The first-order valence-electron chi connectivity index (χ1n) is 9.68. The first-order chi connectivity index (χ1) is 13.1. The summed E-state index contributed by atoms with van der Waals surface area (Å²) in [5.74, 6) is 1.36. The summed E-state index contributed by atoms with van der Waals surface area (Å²) < 4.78 is 6.14. The van der Waals surface area contributed by atoms with Crippen molar-refractivity contribution in [2.24, 2.45) is 16.6 Å². The highest BCUT2D eigenvalue weighted by atomic mass is 16.5. The van der Waals surface area contributed by atoms with E-state index in [0.717, 1.165) is 23.6 Å². The molecule has 6 heteroatoms. The van der Waals surface area contributed by atoms with E-state index in [1.54, 1.807) is 13.2 Å². The van der Waals surface area contributed by atoms with Crippen molar-refractivity contribution in [2.75, 3.05) is 13.7 Å². The predicted octanol–water partition coefficient (Wildman–Crippen LogP) is 3.11. The molecule has 1 aromatic heterocycles. The van der Waals surface area contributed by atoms with Crippen LogP contribution in [0.15, 0.2) is 41.7 Å². The van der Waals surface area contributed by atoms with E-state index >= 15 is 0 Å². The number of guanidine groups is 1. The summed E-state index contributed by atoms with van der Waals surface area (Å²) in [4.78, 5) is 23.3. The number of hydrogen-bond donors (Lipinski definition) is 1. The molecule has 1 aromatic carbocycles. The zero-order valence-electron chi connectivity index (χ0n) is 15.7. The van der Waals surface area contributed by atoms with Crippen LogP contribution in [0, 0.1) is 5.92 Å². The van der Waals surface area contributed by atoms with Crippen LogP contribution in [0.25, 0.3) is 10.8 Å². The van der Waals surface area contributed by atoms with Gasteiger partial charge in [0.05, 0.1) is 6.20 Å². The molecule has 1 aliphatic carbocycles. The normalized spacial score (nSPS) is 23.7. The zero-order valence-corrected chi connectivity index (χ0v) is 15.7. The van der Waals surface area contributed by atoms with Crippen molar-refractivity contribution >= 4 is 22.6 Å². The molecule has 0 bridgehead atoms. The summed E-state index contributed by atoms with van der Waals surface area (Å²) in [7, 11) is 1.68. The summed E-state index contributed by atoms with van der Waals surface area (Å²) in [6, 6.07) is 7.94. The summed E-state index contributed by atoms with van der Waals surface area (Å²) in [6.45, 7) is 0.184. The minimum atomic E-state index is -0.933. The highest BCUT2D eigenvalue weighted by Crippen LogP contribution is 2.36. The van der Waals surface area contributed by atoms with E-state index in [0.29, 0.717) is 18.1 Å². The highest BCUT2D eigenvalue weighted by Gasteiger charge is 2.48. The van der Waals surface area contributed by atoms with Crippen molar-refractivity contribution in [3.05, 3.63) is 36.7 Å². The summed E-state index contributed by atoms with van der Waals surface area (Å²) >= 11 is 0. The number of nitrogens with two attached hydrogens (primary N) is 1. The van der Waals surface area contributed by atoms with Gasteiger partial charge in [0.1, 0.15) is 12.4 Å². The number of hydrogen-bond acceptors (Lipinski definition) is 5. The fourth-order valence-corrected chi connectivity index (χ4v) is 4.31. The van der Waals surface area contributed by atoms with E-state index in [2.05, 4.69) is 9.98 Å². The SMILES string of the molecule is CN1C(=O)C(COc2cncc3ccccc23)(CC2CCCCC2)N=C1N. The molecular weight excluding hydrogens is 340 g/mol. The van der Waals surface area contributed by atoms with E-state index in [4.69, 9.17) is 10.5 Å². The molecule has 2 N–H and O–H groups in total. The largest absolute Gasteiger partial charge is 0.488 e. The van der Waals surface area contributed by atoms with Crippen LogP contribution in [-0.4, -0.2) is 40.9 Å². The molecule has 0 saturated heterocycles. The fourth-order valence-electron chi connectivity index (χ4n) is 4.31. The molecule has 0 spiro atoms. The van der Waals surface area contributed by atoms with Gasteiger partial charge in [0.15, 0.2) is 11.5 Å². The molecular formula is C21H26N4O2. The van der Waals surface area contributed by atoms with Crippen LogP contribution in [0.4, 0.5) is 0 Å². The third-order valence-electron chi connectivity index (χ3n) is 5.82. The van der Waals surface area contributed by atoms with Crippen LogP contribution in [0.3, 0.4) is 0 Å². The number of nitrogens with zero attached hydrogens (tertiary/aromatic N) is 3. The molecule has 2 aliphatic rings. The summed E-state index contributed by atoms with van der Waals surface area (Å²) in [6.07, 6.45) is 10.2. The number of pyridine rings is 1. The summed E-state index contributed by atoms with van der Waals surface area (Å²) in [5.41, 5.74) is 5.06. The number of carbonyl (C=O) groups excluding carboxylic acids is 1. The number of carbonyl (C=O) groups is 1. The van der Waals surface area contributed by atoms with Crippen LogP contribution in [-0.2, 0) is 4.79 Å². The Morgan fingerprint density at radius 3 is 2.74 bits per heavy atom. The molecule has 1 atom stereocenters. The third kappa shape index (κ3) is 3.36. The molecule has 142 valence electrons. The van der Waals surface area contributed by atoms with Crippen molar-refractivity contribution in [2.45, 2.75) is 44.1 Å². The lowest BCUT2D eigenvalue weighted by molar-refractivity contribution is -0.132. The lowest BCUT2D eigenvalue weighted by Crippen LogP contribution is -2.47. The third-order valence-corrected chi connectivity index (χ3v) is 5.82. The number of benzene rings is 1. The first-order valence-corrected chi connectivity index (χ1v) is 9.68. The van der Waals surface area contributed by atoms with E-state index in [1.165, 1.54) is 24.2 Å². The molecule has 4 rings (SSSR count). The van der Waals surface area contributed by atoms with Crippen LogP contribution < -0.4 is 10.5 Å². The molecule has 1 unspecified atom stereocenters. The van der Waals surface area contributed by atoms with E-state index in [1.807, 2.05) is 30.5 Å². The number of ether oxygens (including phenoxy) is 1. The molecule has 6 nitrogen and oxygen atoms in total. The maximum absolute atomic E-state index is 13.0. The van der Waals surface area contributed by atoms with Crippen molar-refractivity contribution in [3.63, 3.8) is 0 Å². The Kier molecular flexibility index (Phi) is 4.72. The van der Waals surface area contributed by atoms with Gasteiger partial charge in [0.25, 0.3) is 5.91 Å².